The molecule has 2 aromatic rings. The van der Waals surface area contributed by atoms with E-state index in [4.69, 9.17) is 0 Å². The normalized spacial score (nSPS) is 11.3. The maximum atomic E-state index is 13.6. The minimum atomic E-state index is -1.56. The van der Waals surface area contributed by atoms with Gasteiger partial charge in [-0.15, -0.1) is 9.39 Å². The summed E-state index contributed by atoms with van der Waals surface area (Å²) in [5.41, 5.74) is 2.82. The monoisotopic (exact) mass is 332 g/mol. The molecule has 0 N–H and O–H groups in total. The van der Waals surface area contributed by atoms with Gasteiger partial charge in [-0.3, -0.25) is 9.78 Å². The highest BCUT2D eigenvalue weighted by Crippen LogP contribution is 2.34. The van der Waals surface area contributed by atoms with Gasteiger partial charge in [-0.2, -0.15) is 0 Å². The SMILES string of the molecule is C=S(=C)(CC)N(Cc1ccc(C=O)cn1)c1ccc(F)c(C)c1. The standard InChI is InChI=1S/C18H21FN2OS/c1-5-23(3,4)21(17-8-9-18(19)14(2)10-17)12-16-7-6-15(13-22)11-20-16/h6-11,13H,3-5,12H2,1-2H3. The van der Waals surface area contributed by atoms with E-state index in [1.807, 2.05) is 19.1 Å². The van der Waals surface area contributed by atoms with Crippen LogP contribution in [0.1, 0.15) is 28.5 Å². The predicted octanol–water partition coefficient (Wildman–Crippen LogP) is 3.95. The van der Waals surface area contributed by atoms with Gasteiger partial charge in [0.05, 0.1) is 12.2 Å². The Labute approximate surface area is 137 Å². The fourth-order valence-electron chi connectivity index (χ4n) is 2.14. The molecule has 1 heterocycles. The molecule has 0 spiro atoms. The first-order valence-electron chi connectivity index (χ1n) is 7.28. The number of anilines is 1. The molecule has 0 unspecified atom stereocenters. The Bertz CT molecular complexity index is 798. The average Bonchev–Trinajstić information content (AvgIpc) is 2.55. The highest BCUT2D eigenvalue weighted by atomic mass is 32.2. The Balaban J connectivity index is 2.41. The van der Waals surface area contributed by atoms with Crippen LogP contribution < -0.4 is 4.31 Å². The fraction of sp³-hybridized carbons (Fsp3) is 0.222. The molecular formula is C18H21FN2OS. The van der Waals surface area contributed by atoms with Gasteiger partial charge in [0.2, 0.25) is 0 Å². The van der Waals surface area contributed by atoms with Crippen LogP contribution in [0.4, 0.5) is 10.1 Å². The lowest BCUT2D eigenvalue weighted by Gasteiger charge is -2.32. The molecular weight excluding hydrogens is 311 g/mol. The third-order valence-corrected chi connectivity index (χ3v) is 6.07. The van der Waals surface area contributed by atoms with Crippen LogP contribution in [-0.4, -0.2) is 28.8 Å². The molecule has 1 aromatic carbocycles. The maximum absolute atomic E-state index is 13.6. The van der Waals surface area contributed by atoms with Crippen LogP contribution in [0.3, 0.4) is 0 Å². The van der Waals surface area contributed by atoms with Crippen LogP contribution in [0.5, 0.6) is 0 Å². The molecule has 2 rings (SSSR count). The van der Waals surface area contributed by atoms with Crippen molar-refractivity contribution >= 4 is 33.1 Å². The molecule has 1 aromatic heterocycles. The predicted molar refractivity (Wildman–Crippen MR) is 99.3 cm³/mol. The van der Waals surface area contributed by atoms with Crippen molar-refractivity contribution in [3.8, 4) is 0 Å². The van der Waals surface area contributed by atoms with Gasteiger partial charge in [-0.1, -0.05) is 18.7 Å². The number of pyridine rings is 1. The van der Waals surface area contributed by atoms with E-state index in [1.54, 1.807) is 25.3 Å². The van der Waals surface area contributed by atoms with E-state index in [9.17, 15) is 9.18 Å². The van der Waals surface area contributed by atoms with Crippen molar-refractivity contribution in [3.63, 3.8) is 0 Å². The molecule has 122 valence electrons. The smallest absolute Gasteiger partial charge is 0.151 e. The Morgan fingerprint density at radius 2 is 2.04 bits per heavy atom. The molecule has 0 fully saturated rings. The number of hydrogen-bond donors (Lipinski definition) is 0. The summed E-state index contributed by atoms with van der Waals surface area (Å²) in [6.07, 6.45) is 2.31. The average molecular weight is 332 g/mol. The Kier molecular flexibility index (Phi) is 5.21. The summed E-state index contributed by atoms with van der Waals surface area (Å²) in [5, 5.41) is 0. The zero-order valence-electron chi connectivity index (χ0n) is 13.5. The summed E-state index contributed by atoms with van der Waals surface area (Å²) in [7, 11) is -1.56. The number of benzene rings is 1. The van der Waals surface area contributed by atoms with E-state index in [0.717, 1.165) is 23.4 Å². The molecule has 0 aliphatic rings. The second-order valence-corrected chi connectivity index (χ2v) is 8.48. The van der Waals surface area contributed by atoms with Crippen molar-refractivity contribution in [2.45, 2.75) is 20.4 Å². The quantitative estimate of drug-likeness (QED) is 0.593. The molecule has 5 heteroatoms. The molecule has 0 aliphatic carbocycles. The first-order valence-corrected chi connectivity index (χ1v) is 9.38. The Morgan fingerprint density at radius 3 is 2.57 bits per heavy atom. The van der Waals surface area contributed by atoms with E-state index in [-0.39, 0.29) is 5.82 Å². The molecule has 0 saturated heterocycles. The van der Waals surface area contributed by atoms with Crippen LogP contribution in [0.25, 0.3) is 0 Å². The molecule has 23 heavy (non-hydrogen) atoms. The zero-order valence-corrected chi connectivity index (χ0v) is 14.3. The maximum Gasteiger partial charge on any atom is 0.151 e. The van der Waals surface area contributed by atoms with E-state index in [1.165, 1.54) is 6.07 Å². The zero-order chi connectivity index (χ0) is 17.0. The highest BCUT2D eigenvalue weighted by Gasteiger charge is 2.14. The number of aldehydes is 1. The van der Waals surface area contributed by atoms with Gasteiger partial charge in [0, 0.05) is 17.4 Å². The first-order chi connectivity index (χ1) is 10.9. The van der Waals surface area contributed by atoms with Gasteiger partial charge in [0.25, 0.3) is 0 Å². The van der Waals surface area contributed by atoms with Crippen LogP contribution >= 0.6 is 9.39 Å². The number of nitrogens with zero attached hydrogens (tertiary/aromatic N) is 2. The fourth-order valence-corrected chi connectivity index (χ4v) is 3.42. The van der Waals surface area contributed by atoms with Crippen LogP contribution in [0.2, 0.25) is 0 Å². The summed E-state index contributed by atoms with van der Waals surface area (Å²) in [6, 6.07) is 8.57. The van der Waals surface area contributed by atoms with Crippen molar-refractivity contribution in [2.24, 2.45) is 0 Å². The summed E-state index contributed by atoms with van der Waals surface area (Å²) in [5.74, 6) is 9.11. The number of aromatic nitrogens is 1. The van der Waals surface area contributed by atoms with E-state index in [0.29, 0.717) is 17.7 Å². The van der Waals surface area contributed by atoms with Gasteiger partial charge in [-0.05, 0) is 48.6 Å². The third-order valence-electron chi connectivity index (χ3n) is 3.72. The van der Waals surface area contributed by atoms with Crippen molar-refractivity contribution in [2.75, 3.05) is 10.1 Å². The minimum Gasteiger partial charge on any atom is -0.322 e. The van der Waals surface area contributed by atoms with E-state index in [2.05, 4.69) is 21.0 Å². The number of carbonyl (C=O) groups is 1. The minimum absolute atomic E-state index is 0.229. The van der Waals surface area contributed by atoms with Crippen molar-refractivity contribution in [3.05, 3.63) is 59.2 Å². The van der Waals surface area contributed by atoms with Gasteiger partial charge in [-0.25, -0.2) is 4.39 Å². The molecule has 0 bridgehead atoms. The lowest BCUT2D eigenvalue weighted by atomic mass is 10.2. The van der Waals surface area contributed by atoms with E-state index < -0.39 is 9.39 Å². The van der Waals surface area contributed by atoms with Crippen molar-refractivity contribution in [1.29, 1.82) is 0 Å². The number of aryl methyl sites for hydroxylation is 1. The Hall–Kier alpha value is -2.14. The summed E-state index contributed by atoms with van der Waals surface area (Å²) in [4.78, 5) is 15.0. The van der Waals surface area contributed by atoms with Crippen molar-refractivity contribution in [1.82, 2.24) is 4.98 Å². The lowest BCUT2D eigenvalue weighted by Crippen LogP contribution is -2.21. The van der Waals surface area contributed by atoms with Gasteiger partial charge >= 0.3 is 0 Å². The lowest BCUT2D eigenvalue weighted by molar-refractivity contribution is 0.112. The summed E-state index contributed by atoms with van der Waals surface area (Å²) >= 11 is 0. The summed E-state index contributed by atoms with van der Waals surface area (Å²) < 4.78 is 15.6. The molecule has 3 nitrogen and oxygen atoms in total. The second-order valence-electron chi connectivity index (χ2n) is 5.46. The first kappa shape index (κ1) is 17.2. The van der Waals surface area contributed by atoms with Gasteiger partial charge in [0.1, 0.15) is 5.82 Å². The van der Waals surface area contributed by atoms with Crippen LogP contribution in [0, 0.1) is 12.7 Å². The van der Waals surface area contributed by atoms with Gasteiger partial charge < -0.3 is 4.31 Å². The molecule has 0 saturated carbocycles. The van der Waals surface area contributed by atoms with E-state index >= 15 is 0 Å². The number of carbonyl (C=O) groups excluding carboxylic acids is 1. The van der Waals surface area contributed by atoms with Gasteiger partial charge in [0.15, 0.2) is 6.29 Å². The van der Waals surface area contributed by atoms with Crippen LogP contribution in [-0.2, 0) is 6.54 Å². The molecule has 0 radical (unpaired) electrons. The number of hydrogen-bond acceptors (Lipinski definition) is 3. The largest absolute Gasteiger partial charge is 0.322 e. The number of rotatable bonds is 6. The number of halogens is 1. The molecule has 0 atom stereocenters. The molecule has 0 amide bonds. The summed E-state index contributed by atoms with van der Waals surface area (Å²) in [6.45, 7) is 4.30. The third kappa shape index (κ3) is 3.99. The van der Waals surface area contributed by atoms with Crippen LogP contribution in [0.15, 0.2) is 36.5 Å². The topological polar surface area (TPSA) is 33.2 Å². The molecule has 0 aliphatic heterocycles. The van der Waals surface area contributed by atoms with Crippen molar-refractivity contribution < 1.29 is 9.18 Å². The second kappa shape index (κ2) is 6.96. The Morgan fingerprint density at radius 1 is 1.30 bits per heavy atom. The highest BCUT2D eigenvalue weighted by molar-refractivity contribution is 8.28.